The van der Waals surface area contributed by atoms with Crippen LogP contribution in [0.2, 0.25) is 5.02 Å². The summed E-state index contributed by atoms with van der Waals surface area (Å²) in [6.07, 6.45) is 0. The number of fused-ring (bicyclic) bond motifs is 3. The van der Waals surface area contributed by atoms with E-state index in [0.29, 0.717) is 45.4 Å². The van der Waals surface area contributed by atoms with E-state index in [1.807, 2.05) is 26.0 Å². The van der Waals surface area contributed by atoms with Crippen LogP contribution in [0.3, 0.4) is 0 Å². The summed E-state index contributed by atoms with van der Waals surface area (Å²) in [4.78, 5) is 13.3. The predicted molar refractivity (Wildman–Crippen MR) is 107 cm³/mol. The molecule has 2 heterocycles. The van der Waals surface area contributed by atoms with Crippen molar-refractivity contribution in [2.45, 2.75) is 25.8 Å². The molecule has 140 valence electrons. The van der Waals surface area contributed by atoms with Crippen LogP contribution in [-0.4, -0.2) is 24.4 Å². The fourth-order valence-corrected chi connectivity index (χ4v) is 3.47. The predicted octanol–water partition coefficient (Wildman–Crippen LogP) is 4.40. The number of halogens is 1. The van der Waals surface area contributed by atoms with Crippen molar-refractivity contribution in [3.8, 4) is 16.9 Å². The number of hydrogen-bond acceptors (Lipinski definition) is 5. The first kappa shape index (κ1) is 17.9. The molecule has 1 unspecified atom stereocenters. The molecule has 0 aliphatic carbocycles. The molecule has 3 aromatic rings. The van der Waals surface area contributed by atoms with Crippen molar-refractivity contribution in [1.82, 2.24) is 0 Å². The highest BCUT2D eigenvalue weighted by molar-refractivity contribution is 6.30. The van der Waals surface area contributed by atoms with Gasteiger partial charge in [0.05, 0.1) is 29.3 Å². The van der Waals surface area contributed by atoms with Crippen molar-refractivity contribution < 1.29 is 14.3 Å². The van der Waals surface area contributed by atoms with Gasteiger partial charge in [-0.1, -0.05) is 37.6 Å². The van der Waals surface area contributed by atoms with Gasteiger partial charge in [-0.3, -0.25) is 4.79 Å². The SMILES string of the molecule is CC(C)c1oc2c3c(ccc2c(=O)c1-c1ccc(Cl)cc1)NC(CO)CO3. The molecule has 0 saturated carbocycles. The second kappa shape index (κ2) is 6.91. The van der Waals surface area contributed by atoms with Gasteiger partial charge in [-0.2, -0.15) is 0 Å². The van der Waals surface area contributed by atoms with Crippen molar-refractivity contribution in [3.63, 3.8) is 0 Å². The number of aliphatic hydroxyl groups excluding tert-OH is 1. The molecule has 0 amide bonds. The highest BCUT2D eigenvalue weighted by Crippen LogP contribution is 2.39. The topological polar surface area (TPSA) is 71.7 Å². The van der Waals surface area contributed by atoms with Crippen LogP contribution in [0.25, 0.3) is 22.1 Å². The van der Waals surface area contributed by atoms with Crippen molar-refractivity contribution in [2.24, 2.45) is 0 Å². The van der Waals surface area contributed by atoms with Crippen LogP contribution in [0.5, 0.6) is 5.75 Å². The Hall–Kier alpha value is -2.50. The summed E-state index contributed by atoms with van der Waals surface area (Å²) in [5.41, 5.74) is 2.37. The Morgan fingerprint density at radius 1 is 1.22 bits per heavy atom. The van der Waals surface area contributed by atoms with Crippen LogP contribution in [0.1, 0.15) is 25.5 Å². The first-order valence-electron chi connectivity index (χ1n) is 8.89. The van der Waals surface area contributed by atoms with Crippen LogP contribution < -0.4 is 15.5 Å². The van der Waals surface area contributed by atoms with Crippen molar-refractivity contribution in [3.05, 3.63) is 57.4 Å². The third-order valence-corrected chi connectivity index (χ3v) is 4.96. The van der Waals surface area contributed by atoms with Gasteiger partial charge in [-0.25, -0.2) is 0 Å². The Bertz CT molecular complexity index is 1060. The van der Waals surface area contributed by atoms with Gasteiger partial charge >= 0.3 is 0 Å². The van der Waals surface area contributed by atoms with Gasteiger partial charge in [0.15, 0.2) is 11.3 Å². The number of hydrogen-bond donors (Lipinski definition) is 2. The van der Waals surface area contributed by atoms with Crippen LogP contribution in [0, 0.1) is 0 Å². The molecule has 1 atom stereocenters. The molecule has 2 aromatic carbocycles. The second-order valence-corrected chi connectivity index (χ2v) is 7.42. The largest absolute Gasteiger partial charge is 0.485 e. The van der Waals surface area contributed by atoms with E-state index >= 15 is 0 Å². The average molecular weight is 386 g/mol. The Balaban J connectivity index is 1.98. The molecule has 0 radical (unpaired) electrons. The van der Waals surface area contributed by atoms with Crippen molar-refractivity contribution in [2.75, 3.05) is 18.5 Å². The van der Waals surface area contributed by atoms with Gasteiger partial charge in [0.25, 0.3) is 0 Å². The van der Waals surface area contributed by atoms with Crippen LogP contribution in [0.4, 0.5) is 5.69 Å². The molecule has 5 nitrogen and oxygen atoms in total. The molecule has 0 saturated heterocycles. The lowest BCUT2D eigenvalue weighted by Crippen LogP contribution is -2.34. The summed E-state index contributed by atoms with van der Waals surface area (Å²) in [5.74, 6) is 1.13. The molecule has 1 aliphatic heterocycles. The maximum Gasteiger partial charge on any atom is 0.200 e. The van der Waals surface area contributed by atoms with Crippen LogP contribution in [0.15, 0.2) is 45.6 Å². The lowest BCUT2D eigenvalue weighted by molar-refractivity contribution is 0.207. The van der Waals surface area contributed by atoms with Gasteiger partial charge in [-0.15, -0.1) is 0 Å². The lowest BCUT2D eigenvalue weighted by Gasteiger charge is -2.26. The van der Waals surface area contributed by atoms with E-state index in [-0.39, 0.29) is 24.0 Å². The Morgan fingerprint density at radius 2 is 1.96 bits per heavy atom. The minimum atomic E-state index is -0.181. The Kier molecular flexibility index (Phi) is 4.58. The lowest BCUT2D eigenvalue weighted by atomic mass is 9.96. The van der Waals surface area contributed by atoms with Crippen molar-refractivity contribution >= 4 is 28.3 Å². The van der Waals surface area contributed by atoms with Crippen LogP contribution >= 0.6 is 11.6 Å². The van der Waals surface area contributed by atoms with Gasteiger partial charge in [0, 0.05) is 10.9 Å². The molecule has 2 N–H and O–H groups in total. The number of nitrogens with one attached hydrogen (secondary N) is 1. The summed E-state index contributed by atoms with van der Waals surface area (Å²) in [5, 5.41) is 13.6. The quantitative estimate of drug-likeness (QED) is 0.699. The molecule has 4 rings (SSSR count). The normalized spacial score (nSPS) is 16.1. The average Bonchev–Trinajstić information content (AvgIpc) is 2.68. The highest BCUT2D eigenvalue weighted by atomic mass is 35.5. The van der Waals surface area contributed by atoms with Gasteiger partial charge in [0.2, 0.25) is 5.43 Å². The number of rotatable bonds is 3. The second-order valence-electron chi connectivity index (χ2n) is 6.99. The van der Waals surface area contributed by atoms with E-state index in [1.54, 1.807) is 24.3 Å². The zero-order chi connectivity index (χ0) is 19.1. The Morgan fingerprint density at radius 3 is 2.63 bits per heavy atom. The first-order chi connectivity index (χ1) is 13.0. The number of aliphatic hydroxyl groups is 1. The first-order valence-corrected chi connectivity index (χ1v) is 9.27. The highest BCUT2D eigenvalue weighted by Gasteiger charge is 2.25. The zero-order valence-electron chi connectivity index (χ0n) is 15.1. The fraction of sp³-hybridized carbons (Fsp3) is 0.286. The van der Waals surface area contributed by atoms with Gasteiger partial charge in [-0.05, 0) is 29.8 Å². The maximum atomic E-state index is 13.3. The van der Waals surface area contributed by atoms with Crippen molar-refractivity contribution in [1.29, 1.82) is 0 Å². The zero-order valence-corrected chi connectivity index (χ0v) is 15.8. The smallest absolute Gasteiger partial charge is 0.200 e. The number of benzene rings is 2. The molecular formula is C21H20ClNO4. The molecule has 0 fully saturated rings. The summed E-state index contributed by atoms with van der Waals surface area (Å²) < 4.78 is 12.0. The monoisotopic (exact) mass is 385 g/mol. The summed E-state index contributed by atoms with van der Waals surface area (Å²) >= 11 is 6.00. The standard InChI is InChI=1S/C21H20ClNO4/c1-11(2)19-17(12-3-5-13(22)6-4-12)18(25)15-7-8-16-21(20(15)27-19)26-10-14(9-24)23-16/h3-8,11,14,23-24H,9-10H2,1-2H3. The summed E-state index contributed by atoms with van der Waals surface area (Å²) in [6.45, 7) is 4.25. The molecule has 1 aromatic heterocycles. The third kappa shape index (κ3) is 3.07. The summed E-state index contributed by atoms with van der Waals surface area (Å²) in [6, 6.07) is 10.5. The van der Waals surface area contributed by atoms with E-state index in [2.05, 4.69) is 5.32 Å². The summed E-state index contributed by atoms with van der Waals surface area (Å²) in [7, 11) is 0. The maximum absolute atomic E-state index is 13.3. The van der Waals surface area contributed by atoms with Gasteiger partial charge < -0.3 is 19.6 Å². The van der Waals surface area contributed by atoms with Gasteiger partial charge in [0.1, 0.15) is 12.4 Å². The van der Waals surface area contributed by atoms with E-state index < -0.39 is 0 Å². The van der Waals surface area contributed by atoms with E-state index in [1.165, 1.54) is 0 Å². The Labute approximate surface area is 161 Å². The van der Waals surface area contributed by atoms with E-state index in [0.717, 1.165) is 5.56 Å². The molecule has 27 heavy (non-hydrogen) atoms. The van der Waals surface area contributed by atoms with Crippen LogP contribution in [-0.2, 0) is 0 Å². The molecule has 1 aliphatic rings. The fourth-order valence-electron chi connectivity index (χ4n) is 3.35. The molecule has 0 spiro atoms. The molecule has 0 bridgehead atoms. The third-order valence-electron chi connectivity index (χ3n) is 4.71. The number of ether oxygens (including phenoxy) is 1. The minimum absolute atomic E-state index is 0.00498. The van der Waals surface area contributed by atoms with E-state index in [4.69, 9.17) is 20.8 Å². The minimum Gasteiger partial charge on any atom is -0.485 e. The molecule has 6 heteroatoms. The van der Waals surface area contributed by atoms with E-state index in [9.17, 15) is 9.90 Å². The number of anilines is 1. The molecular weight excluding hydrogens is 366 g/mol.